The average Bonchev–Trinajstić information content (AvgIpc) is 2.24. The van der Waals surface area contributed by atoms with E-state index in [-0.39, 0.29) is 0 Å². The van der Waals surface area contributed by atoms with Gasteiger partial charge in [0.05, 0.1) is 21.7 Å². The fourth-order valence-electron chi connectivity index (χ4n) is 1.01. The Kier molecular flexibility index (Phi) is 4.89. The molecule has 6 heteroatoms. The maximum absolute atomic E-state index is 10.6. The Morgan fingerprint density at radius 1 is 1.50 bits per heavy atom. The summed E-state index contributed by atoms with van der Waals surface area (Å²) in [5.41, 5.74) is 0.628. The van der Waals surface area contributed by atoms with Gasteiger partial charge in [0.25, 0.3) is 0 Å². The molecule has 3 nitrogen and oxygen atoms in total. The molecule has 0 spiro atoms. The van der Waals surface area contributed by atoms with Crippen molar-refractivity contribution in [2.75, 3.05) is 11.9 Å². The van der Waals surface area contributed by atoms with Crippen molar-refractivity contribution in [2.45, 2.75) is 6.92 Å². The van der Waals surface area contributed by atoms with Gasteiger partial charge in [0.15, 0.2) is 0 Å². The third-order valence-corrected chi connectivity index (χ3v) is 3.83. The Labute approximate surface area is 112 Å². The maximum atomic E-state index is 10.6. The molecule has 0 aliphatic rings. The van der Waals surface area contributed by atoms with E-state index in [4.69, 9.17) is 28.3 Å². The number of hydrogen-bond acceptors (Lipinski definition) is 2. The summed E-state index contributed by atoms with van der Waals surface area (Å²) >= 11 is 15.2. The van der Waals surface area contributed by atoms with Crippen molar-refractivity contribution in [1.82, 2.24) is 0 Å². The maximum Gasteiger partial charge on any atom is 0.308 e. The van der Waals surface area contributed by atoms with E-state index < -0.39 is 11.9 Å². The van der Waals surface area contributed by atoms with Gasteiger partial charge in [0, 0.05) is 11.0 Å². The highest BCUT2D eigenvalue weighted by Gasteiger charge is 2.12. The molecule has 1 unspecified atom stereocenters. The van der Waals surface area contributed by atoms with Gasteiger partial charge in [0.1, 0.15) is 0 Å². The lowest BCUT2D eigenvalue weighted by Gasteiger charge is -2.12. The molecular formula is C10H10BrCl2NO2. The number of rotatable bonds is 4. The Morgan fingerprint density at radius 3 is 2.69 bits per heavy atom. The van der Waals surface area contributed by atoms with E-state index in [0.717, 1.165) is 0 Å². The van der Waals surface area contributed by atoms with Crippen molar-refractivity contribution < 1.29 is 9.90 Å². The second-order valence-corrected chi connectivity index (χ2v) is 4.95. The van der Waals surface area contributed by atoms with Crippen LogP contribution in [-0.4, -0.2) is 17.6 Å². The van der Waals surface area contributed by atoms with Crippen molar-refractivity contribution >= 4 is 50.8 Å². The van der Waals surface area contributed by atoms with E-state index in [0.29, 0.717) is 26.8 Å². The number of nitrogens with one attached hydrogen (secondary N) is 1. The molecule has 0 heterocycles. The largest absolute Gasteiger partial charge is 0.481 e. The summed E-state index contributed by atoms with van der Waals surface area (Å²) in [5.74, 6) is -1.34. The van der Waals surface area contributed by atoms with E-state index >= 15 is 0 Å². The van der Waals surface area contributed by atoms with Gasteiger partial charge in [-0.1, -0.05) is 30.1 Å². The first kappa shape index (κ1) is 13.6. The highest BCUT2D eigenvalue weighted by molar-refractivity contribution is 9.10. The Hall–Kier alpha value is -0.450. The van der Waals surface area contributed by atoms with Crippen molar-refractivity contribution in [3.63, 3.8) is 0 Å². The van der Waals surface area contributed by atoms with Gasteiger partial charge >= 0.3 is 5.97 Å². The predicted molar refractivity (Wildman–Crippen MR) is 69.5 cm³/mol. The van der Waals surface area contributed by atoms with Gasteiger partial charge in [-0.3, -0.25) is 4.79 Å². The van der Waals surface area contributed by atoms with Crippen LogP contribution in [0.2, 0.25) is 10.0 Å². The van der Waals surface area contributed by atoms with Crippen LogP contribution in [0.15, 0.2) is 16.6 Å². The van der Waals surface area contributed by atoms with Crippen LogP contribution in [0, 0.1) is 5.92 Å². The molecule has 0 bridgehead atoms. The number of carboxylic acid groups (broad SMARTS) is 1. The third kappa shape index (κ3) is 3.27. The smallest absolute Gasteiger partial charge is 0.308 e. The Morgan fingerprint density at radius 2 is 2.12 bits per heavy atom. The number of aliphatic carboxylic acids is 1. The molecule has 0 aromatic heterocycles. The molecule has 0 aliphatic heterocycles. The zero-order valence-electron chi connectivity index (χ0n) is 8.43. The van der Waals surface area contributed by atoms with Crippen molar-refractivity contribution in [1.29, 1.82) is 0 Å². The zero-order chi connectivity index (χ0) is 12.3. The topological polar surface area (TPSA) is 49.3 Å². The third-order valence-electron chi connectivity index (χ3n) is 2.06. The van der Waals surface area contributed by atoms with Gasteiger partial charge in [-0.25, -0.2) is 0 Å². The highest BCUT2D eigenvalue weighted by atomic mass is 79.9. The molecular weight excluding hydrogens is 317 g/mol. The van der Waals surface area contributed by atoms with Crippen molar-refractivity contribution in [3.8, 4) is 0 Å². The summed E-state index contributed by atoms with van der Waals surface area (Å²) in [6.07, 6.45) is 0. The quantitative estimate of drug-likeness (QED) is 0.825. The molecule has 1 atom stereocenters. The monoisotopic (exact) mass is 325 g/mol. The van der Waals surface area contributed by atoms with E-state index in [1.54, 1.807) is 19.1 Å². The Balaban J connectivity index is 2.75. The van der Waals surface area contributed by atoms with Crippen LogP contribution in [0.25, 0.3) is 0 Å². The van der Waals surface area contributed by atoms with Crippen molar-refractivity contribution in [3.05, 3.63) is 26.7 Å². The number of carboxylic acids is 1. The summed E-state index contributed by atoms with van der Waals surface area (Å²) in [4.78, 5) is 10.6. The van der Waals surface area contributed by atoms with E-state index in [1.807, 2.05) is 0 Å². The summed E-state index contributed by atoms with van der Waals surface area (Å²) in [7, 11) is 0. The first-order chi connectivity index (χ1) is 7.43. The van der Waals surface area contributed by atoms with Gasteiger partial charge in [-0.2, -0.15) is 0 Å². The lowest BCUT2D eigenvalue weighted by Crippen LogP contribution is -2.19. The predicted octanol–water partition coefficient (Wildman–Crippen LogP) is 3.89. The van der Waals surface area contributed by atoms with Crippen LogP contribution in [0.4, 0.5) is 5.69 Å². The lowest BCUT2D eigenvalue weighted by atomic mass is 10.2. The van der Waals surface area contributed by atoms with Crippen molar-refractivity contribution in [2.24, 2.45) is 5.92 Å². The lowest BCUT2D eigenvalue weighted by molar-refractivity contribution is -0.140. The number of hydrogen-bond donors (Lipinski definition) is 2. The molecule has 0 fully saturated rings. The van der Waals surface area contributed by atoms with Gasteiger partial charge in [-0.05, 0) is 28.1 Å². The SMILES string of the molecule is CC(CNc1ccc(Br)c(Cl)c1Cl)C(=O)O. The molecule has 16 heavy (non-hydrogen) atoms. The molecule has 1 aromatic carbocycles. The van der Waals surface area contributed by atoms with E-state index in [9.17, 15) is 4.79 Å². The minimum absolute atomic E-state index is 0.299. The average molecular weight is 327 g/mol. The van der Waals surface area contributed by atoms with Gasteiger partial charge in [-0.15, -0.1) is 0 Å². The first-order valence-corrected chi connectivity index (χ1v) is 6.08. The molecule has 0 radical (unpaired) electrons. The minimum atomic E-state index is -0.855. The standard InChI is InChI=1S/C10H10BrCl2NO2/c1-5(10(15)16)4-14-7-3-2-6(11)8(12)9(7)13/h2-3,5,14H,4H2,1H3,(H,15,16). The van der Waals surface area contributed by atoms with Crippen LogP contribution in [0.5, 0.6) is 0 Å². The highest BCUT2D eigenvalue weighted by Crippen LogP contribution is 2.35. The summed E-state index contributed by atoms with van der Waals surface area (Å²) < 4.78 is 0.705. The van der Waals surface area contributed by atoms with Crippen LogP contribution in [0.1, 0.15) is 6.92 Å². The molecule has 88 valence electrons. The zero-order valence-corrected chi connectivity index (χ0v) is 11.5. The summed E-state index contributed by atoms with van der Waals surface area (Å²) in [5, 5.41) is 12.5. The van der Waals surface area contributed by atoms with Gasteiger partial charge < -0.3 is 10.4 Å². The number of benzene rings is 1. The van der Waals surface area contributed by atoms with Crippen LogP contribution in [-0.2, 0) is 4.79 Å². The summed E-state index contributed by atoms with van der Waals surface area (Å²) in [6.45, 7) is 1.91. The van der Waals surface area contributed by atoms with Crippen LogP contribution < -0.4 is 5.32 Å². The first-order valence-electron chi connectivity index (χ1n) is 4.53. The molecule has 0 saturated carbocycles. The minimum Gasteiger partial charge on any atom is -0.481 e. The fourth-order valence-corrected chi connectivity index (χ4v) is 1.85. The molecule has 0 aliphatic carbocycles. The molecule has 2 N–H and O–H groups in total. The second kappa shape index (κ2) is 5.75. The van der Waals surface area contributed by atoms with E-state index in [1.165, 1.54) is 0 Å². The molecule has 1 rings (SSSR count). The van der Waals surface area contributed by atoms with E-state index in [2.05, 4.69) is 21.2 Å². The van der Waals surface area contributed by atoms with Crippen LogP contribution in [0.3, 0.4) is 0 Å². The normalized spacial score (nSPS) is 12.2. The number of halogens is 3. The molecule has 0 amide bonds. The fraction of sp³-hybridized carbons (Fsp3) is 0.300. The van der Waals surface area contributed by atoms with Crippen LogP contribution >= 0.6 is 39.1 Å². The number of carbonyl (C=O) groups is 1. The Bertz CT molecular complexity index is 412. The molecule has 0 saturated heterocycles. The molecule has 1 aromatic rings. The summed E-state index contributed by atoms with van der Waals surface area (Å²) in [6, 6.07) is 3.49. The number of anilines is 1. The second-order valence-electron chi connectivity index (χ2n) is 3.34. The van der Waals surface area contributed by atoms with Gasteiger partial charge in [0.2, 0.25) is 0 Å².